The van der Waals surface area contributed by atoms with Gasteiger partial charge < -0.3 is 24.7 Å². The number of hydrogen-bond acceptors (Lipinski definition) is 6. The van der Waals surface area contributed by atoms with Gasteiger partial charge in [0.2, 0.25) is 0 Å². The Morgan fingerprint density at radius 1 is 0.974 bits per heavy atom. The number of amides is 1. The van der Waals surface area contributed by atoms with Crippen molar-refractivity contribution in [1.29, 1.82) is 0 Å². The van der Waals surface area contributed by atoms with E-state index in [1.54, 1.807) is 36.4 Å². The molecule has 1 amide bonds. The molecule has 38 heavy (non-hydrogen) atoms. The summed E-state index contributed by atoms with van der Waals surface area (Å²) in [5.41, 5.74) is 3.17. The zero-order valence-corrected chi connectivity index (χ0v) is 22.1. The number of phenols is 1. The molecule has 1 aliphatic heterocycles. The average Bonchev–Trinajstić information content (AvgIpc) is 3.17. The Balaban J connectivity index is 1.64. The Morgan fingerprint density at radius 2 is 1.68 bits per heavy atom. The van der Waals surface area contributed by atoms with E-state index in [1.807, 2.05) is 39.0 Å². The van der Waals surface area contributed by atoms with Gasteiger partial charge in [-0.3, -0.25) is 9.59 Å². The van der Waals surface area contributed by atoms with Crippen LogP contribution in [0, 0.1) is 6.92 Å². The van der Waals surface area contributed by atoms with Gasteiger partial charge in [0.1, 0.15) is 23.9 Å². The molecule has 198 valence electrons. The average molecular weight is 515 g/mol. The summed E-state index contributed by atoms with van der Waals surface area (Å²) >= 11 is 0. The van der Waals surface area contributed by atoms with Crippen LogP contribution in [0.4, 0.5) is 0 Å². The lowest BCUT2D eigenvalue weighted by Gasteiger charge is -2.28. The summed E-state index contributed by atoms with van der Waals surface area (Å²) < 4.78 is 5.88. The lowest BCUT2D eigenvalue weighted by atomic mass is 9.95. The van der Waals surface area contributed by atoms with Crippen molar-refractivity contribution in [3.05, 3.63) is 101 Å². The van der Waals surface area contributed by atoms with E-state index in [0.29, 0.717) is 36.6 Å². The van der Waals surface area contributed by atoms with Gasteiger partial charge in [-0.15, -0.1) is 0 Å². The number of Topliss-reactive ketones (excluding diaryl/α,β-unsaturated/α-hetero) is 1. The van der Waals surface area contributed by atoms with Crippen molar-refractivity contribution < 1.29 is 24.5 Å². The van der Waals surface area contributed by atoms with Crippen molar-refractivity contribution >= 4 is 17.4 Å². The first-order valence-corrected chi connectivity index (χ1v) is 12.9. The molecule has 1 atom stereocenters. The number of rotatable bonds is 10. The van der Waals surface area contributed by atoms with Gasteiger partial charge >= 0.3 is 0 Å². The first kappa shape index (κ1) is 26.9. The SMILES string of the molecule is CCN(CC)CCN1C(=O)C(=O)/C(=C(/O)c2ccc(OCc3cccc(C)c3)cc2)C1c1cccc(O)c1. The molecule has 0 radical (unpaired) electrons. The number of carbonyl (C=O) groups excluding carboxylic acids is 2. The minimum atomic E-state index is -0.810. The van der Waals surface area contributed by atoms with Gasteiger partial charge in [0, 0.05) is 18.7 Å². The third-order valence-electron chi connectivity index (χ3n) is 6.89. The summed E-state index contributed by atoms with van der Waals surface area (Å²) in [4.78, 5) is 30.0. The molecule has 0 spiro atoms. The fourth-order valence-corrected chi connectivity index (χ4v) is 4.77. The number of ketones is 1. The van der Waals surface area contributed by atoms with Crippen molar-refractivity contribution in [3.63, 3.8) is 0 Å². The minimum Gasteiger partial charge on any atom is -0.508 e. The van der Waals surface area contributed by atoms with Crippen LogP contribution in [0.1, 0.15) is 42.1 Å². The second-order valence-electron chi connectivity index (χ2n) is 9.42. The maximum atomic E-state index is 13.2. The highest BCUT2D eigenvalue weighted by Gasteiger charge is 2.46. The van der Waals surface area contributed by atoms with Crippen LogP contribution in [0.15, 0.2) is 78.4 Å². The van der Waals surface area contributed by atoms with E-state index in [2.05, 4.69) is 11.0 Å². The van der Waals surface area contributed by atoms with E-state index in [-0.39, 0.29) is 17.1 Å². The van der Waals surface area contributed by atoms with Gasteiger partial charge in [-0.05, 0) is 67.5 Å². The number of likely N-dealkylation sites (N-methyl/N-ethyl adjacent to an activating group) is 1. The number of ether oxygens (including phenoxy) is 1. The van der Waals surface area contributed by atoms with Gasteiger partial charge in [0.05, 0.1) is 11.6 Å². The van der Waals surface area contributed by atoms with Crippen LogP contribution in [0.25, 0.3) is 5.76 Å². The molecule has 4 rings (SSSR count). The molecule has 1 heterocycles. The third-order valence-corrected chi connectivity index (χ3v) is 6.89. The van der Waals surface area contributed by atoms with E-state index >= 15 is 0 Å². The molecule has 3 aromatic rings. The van der Waals surface area contributed by atoms with Gasteiger partial charge in [0.15, 0.2) is 0 Å². The molecule has 0 aromatic heterocycles. The fourth-order valence-electron chi connectivity index (χ4n) is 4.77. The number of likely N-dealkylation sites (tertiary alicyclic amines) is 1. The highest BCUT2D eigenvalue weighted by molar-refractivity contribution is 6.46. The zero-order valence-electron chi connectivity index (χ0n) is 22.1. The van der Waals surface area contributed by atoms with Crippen LogP contribution in [0.3, 0.4) is 0 Å². The highest BCUT2D eigenvalue weighted by Crippen LogP contribution is 2.40. The van der Waals surface area contributed by atoms with Crippen molar-refractivity contribution in [1.82, 2.24) is 9.80 Å². The minimum absolute atomic E-state index is 0.00794. The standard InChI is InChI=1S/C31H34N2O5/c1-4-32(5-2)16-17-33-28(24-10-7-11-25(34)19-24)27(30(36)31(33)37)29(35)23-12-14-26(15-13-23)38-20-22-9-6-8-21(3)18-22/h6-15,18-19,28,34-35H,4-5,16-17,20H2,1-3H3/b29-27+. The zero-order chi connectivity index (χ0) is 27.2. The summed E-state index contributed by atoms with van der Waals surface area (Å²) in [6, 6.07) is 20.5. The number of hydrogen-bond donors (Lipinski definition) is 2. The van der Waals surface area contributed by atoms with Crippen LogP contribution in [0.2, 0.25) is 0 Å². The number of aliphatic hydroxyl groups is 1. The molecular formula is C31H34N2O5. The smallest absolute Gasteiger partial charge is 0.295 e. The lowest BCUT2D eigenvalue weighted by molar-refractivity contribution is -0.140. The summed E-state index contributed by atoms with van der Waals surface area (Å²) in [7, 11) is 0. The molecule has 0 aliphatic carbocycles. The molecule has 7 nitrogen and oxygen atoms in total. The number of aromatic hydroxyl groups is 1. The normalized spacial score (nSPS) is 16.8. The summed E-state index contributed by atoms with van der Waals surface area (Å²) in [5, 5.41) is 21.4. The highest BCUT2D eigenvalue weighted by atomic mass is 16.5. The van der Waals surface area contributed by atoms with Crippen LogP contribution < -0.4 is 4.74 Å². The first-order chi connectivity index (χ1) is 18.3. The molecule has 3 aromatic carbocycles. The second kappa shape index (κ2) is 12.0. The van der Waals surface area contributed by atoms with E-state index in [9.17, 15) is 19.8 Å². The molecular weight excluding hydrogens is 480 g/mol. The van der Waals surface area contributed by atoms with Crippen molar-refractivity contribution in [2.45, 2.75) is 33.4 Å². The van der Waals surface area contributed by atoms with Gasteiger partial charge in [-0.2, -0.15) is 0 Å². The number of aliphatic hydroxyl groups excluding tert-OH is 1. The van der Waals surface area contributed by atoms with Crippen molar-refractivity contribution in [2.24, 2.45) is 0 Å². The Labute approximate surface area is 223 Å². The molecule has 1 fully saturated rings. The maximum absolute atomic E-state index is 13.2. The number of aryl methyl sites for hydroxylation is 1. The van der Waals surface area contributed by atoms with E-state index in [0.717, 1.165) is 24.2 Å². The first-order valence-electron chi connectivity index (χ1n) is 12.9. The Bertz CT molecular complexity index is 1330. The topological polar surface area (TPSA) is 90.3 Å². The summed E-state index contributed by atoms with van der Waals surface area (Å²) in [6.45, 7) is 9.04. The fraction of sp³-hybridized carbons (Fsp3) is 0.290. The van der Waals surface area contributed by atoms with Crippen molar-refractivity contribution in [2.75, 3.05) is 26.2 Å². The predicted molar refractivity (Wildman–Crippen MR) is 147 cm³/mol. The Kier molecular flexibility index (Phi) is 8.48. The van der Waals surface area contributed by atoms with E-state index in [1.165, 1.54) is 17.0 Å². The van der Waals surface area contributed by atoms with Crippen LogP contribution in [-0.2, 0) is 16.2 Å². The number of nitrogens with zero attached hydrogens (tertiary/aromatic N) is 2. The van der Waals surface area contributed by atoms with Gasteiger partial charge in [0.25, 0.3) is 11.7 Å². The molecule has 1 saturated heterocycles. The van der Waals surface area contributed by atoms with Crippen molar-refractivity contribution in [3.8, 4) is 11.5 Å². The molecule has 1 aliphatic rings. The quantitative estimate of drug-likeness (QED) is 0.224. The lowest BCUT2D eigenvalue weighted by Crippen LogP contribution is -2.38. The van der Waals surface area contributed by atoms with Crippen LogP contribution in [-0.4, -0.2) is 57.9 Å². The number of phenolic OH excluding ortho intramolecular Hbond substituents is 1. The summed E-state index contributed by atoms with van der Waals surface area (Å²) in [6.07, 6.45) is 0. The Morgan fingerprint density at radius 3 is 2.34 bits per heavy atom. The maximum Gasteiger partial charge on any atom is 0.295 e. The van der Waals surface area contributed by atoms with Gasteiger partial charge in [-0.25, -0.2) is 0 Å². The van der Waals surface area contributed by atoms with E-state index in [4.69, 9.17) is 4.74 Å². The largest absolute Gasteiger partial charge is 0.508 e. The Hall–Kier alpha value is -4.10. The predicted octanol–water partition coefficient (Wildman–Crippen LogP) is 5.04. The van der Waals surface area contributed by atoms with Gasteiger partial charge in [-0.1, -0.05) is 55.8 Å². The molecule has 1 unspecified atom stereocenters. The third kappa shape index (κ3) is 5.89. The summed E-state index contributed by atoms with van der Waals surface area (Å²) in [5.74, 6) is -1.02. The number of carbonyl (C=O) groups is 2. The van der Waals surface area contributed by atoms with E-state index < -0.39 is 17.7 Å². The second-order valence-corrected chi connectivity index (χ2v) is 9.42. The van der Waals surface area contributed by atoms with Crippen LogP contribution >= 0.6 is 0 Å². The van der Waals surface area contributed by atoms with Crippen LogP contribution in [0.5, 0.6) is 11.5 Å². The molecule has 7 heteroatoms. The monoisotopic (exact) mass is 514 g/mol. The molecule has 0 bridgehead atoms. The number of benzene rings is 3. The molecule has 2 N–H and O–H groups in total. The molecule has 0 saturated carbocycles.